The van der Waals surface area contributed by atoms with E-state index in [0.29, 0.717) is 29.7 Å². The number of fused-ring (bicyclic) bond motifs is 2. The predicted octanol–water partition coefficient (Wildman–Crippen LogP) is 8.28. The Morgan fingerprint density at radius 3 is 2.29 bits per heavy atom. The Balaban J connectivity index is 1.63. The Morgan fingerprint density at radius 2 is 1.56 bits per heavy atom. The van der Waals surface area contributed by atoms with E-state index in [2.05, 4.69) is 26.1 Å². The summed E-state index contributed by atoms with van der Waals surface area (Å²) in [6, 6.07) is 28.9. The lowest BCUT2D eigenvalue weighted by Gasteiger charge is -2.32. The van der Waals surface area contributed by atoms with Crippen LogP contribution < -0.4 is 10.9 Å². The van der Waals surface area contributed by atoms with Gasteiger partial charge in [0.05, 0.1) is 28.3 Å². The Morgan fingerprint density at radius 1 is 0.854 bits per heavy atom. The monoisotopic (exact) mass is 546 g/mol. The van der Waals surface area contributed by atoms with Crippen LogP contribution >= 0.6 is 0 Å². The zero-order chi connectivity index (χ0) is 28.8. The molecule has 4 aromatic carbocycles. The first-order chi connectivity index (χ1) is 20.0. The van der Waals surface area contributed by atoms with Crippen LogP contribution in [0.1, 0.15) is 63.9 Å². The molecular formula is C35H38N4O2. The topological polar surface area (TPSA) is 67.2 Å². The van der Waals surface area contributed by atoms with Crippen molar-refractivity contribution in [3.8, 4) is 5.69 Å². The maximum Gasteiger partial charge on any atom is 0.322 e. The second-order valence-electron chi connectivity index (χ2n) is 10.4. The normalized spacial score (nSPS) is 12.0. The van der Waals surface area contributed by atoms with Crippen molar-refractivity contribution in [3.05, 3.63) is 113 Å². The summed E-state index contributed by atoms with van der Waals surface area (Å²) in [7, 11) is 0. The van der Waals surface area contributed by atoms with Crippen molar-refractivity contribution in [2.24, 2.45) is 0 Å². The molecule has 0 radical (unpaired) electrons. The first-order valence-electron chi connectivity index (χ1n) is 14.7. The van der Waals surface area contributed by atoms with E-state index in [9.17, 15) is 9.59 Å². The number of urea groups is 1. The van der Waals surface area contributed by atoms with Gasteiger partial charge in [-0.2, -0.15) is 0 Å². The van der Waals surface area contributed by atoms with Crippen molar-refractivity contribution < 1.29 is 4.79 Å². The van der Waals surface area contributed by atoms with Crippen LogP contribution in [-0.4, -0.2) is 27.0 Å². The number of nitrogens with zero attached hydrogens (tertiary/aromatic N) is 3. The molecule has 1 atom stereocenters. The third-order valence-corrected chi connectivity index (χ3v) is 7.76. The fourth-order valence-corrected chi connectivity index (χ4v) is 5.50. The number of amides is 2. The average molecular weight is 547 g/mol. The van der Waals surface area contributed by atoms with Crippen LogP contribution in [0.4, 0.5) is 10.5 Å². The molecule has 1 heterocycles. The van der Waals surface area contributed by atoms with E-state index in [1.165, 1.54) is 5.56 Å². The molecule has 0 saturated heterocycles. The lowest BCUT2D eigenvalue weighted by molar-refractivity contribution is 0.179. The van der Waals surface area contributed by atoms with Crippen molar-refractivity contribution in [2.75, 3.05) is 11.9 Å². The maximum absolute atomic E-state index is 14.1. The molecule has 41 heavy (non-hydrogen) atoms. The highest BCUT2D eigenvalue weighted by molar-refractivity contribution is 6.01. The molecule has 1 unspecified atom stereocenters. The van der Waals surface area contributed by atoms with Gasteiger partial charge in [0.2, 0.25) is 0 Å². The van der Waals surface area contributed by atoms with Gasteiger partial charge in [0.15, 0.2) is 0 Å². The lowest BCUT2D eigenvalue weighted by atomic mass is 10.1. The van der Waals surface area contributed by atoms with Crippen molar-refractivity contribution in [3.63, 3.8) is 0 Å². The van der Waals surface area contributed by atoms with Gasteiger partial charge in [0.1, 0.15) is 5.82 Å². The number of carbonyl (C=O) groups is 1. The quantitative estimate of drug-likeness (QED) is 0.179. The summed E-state index contributed by atoms with van der Waals surface area (Å²) in [4.78, 5) is 35.0. The number of carbonyl (C=O) groups excluding carboxylic acids is 1. The molecular weight excluding hydrogens is 508 g/mol. The van der Waals surface area contributed by atoms with Gasteiger partial charge in [-0.1, -0.05) is 94.3 Å². The van der Waals surface area contributed by atoms with E-state index in [1.54, 1.807) is 4.57 Å². The maximum atomic E-state index is 14.1. The number of aromatic nitrogens is 2. The van der Waals surface area contributed by atoms with Crippen LogP contribution in [0.2, 0.25) is 0 Å². The number of benzene rings is 4. The first kappa shape index (κ1) is 28.1. The Hall–Kier alpha value is -4.45. The molecule has 0 saturated carbocycles. The van der Waals surface area contributed by atoms with Crippen LogP contribution in [-0.2, 0) is 6.42 Å². The lowest BCUT2D eigenvalue weighted by Crippen LogP contribution is -2.41. The number of hydrogen-bond acceptors (Lipinski definition) is 3. The van der Waals surface area contributed by atoms with E-state index < -0.39 is 6.04 Å². The molecule has 0 bridgehead atoms. The largest absolute Gasteiger partial charge is 0.322 e. The Bertz CT molecular complexity index is 1700. The number of anilines is 1. The fraction of sp³-hybridized carbons (Fsp3) is 0.286. The van der Waals surface area contributed by atoms with Gasteiger partial charge in [-0.15, -0.1) is 0 Å². The molecule has 5 rings (SSSR count). The number of para-hydroxylation sites is 1. The zero-order valence-electron chi connectivity index (χ0n) is 24.1. The number of unbranched alkanes of at least 4 members (excludes halogenated alkanes) is 2. The smallest absolute Gasteiger partial charge is 0.314 e. The zero-order valence-corrected chi connectivity index (χ0v) is 24.1. The van der Waals surface area contributed by atoms with Crippen molar-refractivity contribution in [1.29, 1.82) is 0 Å². The molecule has 0 aliphatic rings. The molecule has 1 N–H and O–H groups in total. The highest BCUT2D eigenvalue weighted by atomic mass is 16.2. The predicted molar refractivity (Wildman–Crippen MR) is 169 cm³/mol. The van der Waals surface area contributed by atoms with Gasteiger partial charge in [-0.3, -0.25) is 9.36 Å². The molecule has 1 aromatic heterocycles. The molecule has 210 valence electrons. The summed E-state index contributed by atoms with van der Waals surface area (Å²) in [5.41, 5.74) is 3.22. The third-order valence-electron chi connectivity index (χ3n) is 7.76. The van der Waals surface area contributed by atoms with Gasteiger partial charge in [-0.25, -0.2) is 9.78 Å². The Labute approximate surface area is 241 Å². The van der Waals surface area contributed by atoms with E-state index >= 15 is 0 Å². The van der Waals surface area contributed by atoms with E-state index in [4.69, 9.17) is 4.98 Å². The minimum absolute atomic E-state index is 0.128. The van der Waals surface area contributed by atoms with E-state index in [0.717, 1.165) is 47.8 Å². The molecule has 0 fully saturated rings. The Kier molecular flexibility index (Phi) is 8.78. The number of nitrogens with one attached hydrogen (secondary N) is 1. The molecule has 0 aliphatic carbocycles. The summed E-state index contributed by atoms with van der Waals surface area (Å²) >= 11 is 0. The molecule has 0 aliphatic heterocycles. The van der Waals surface area contributed by atoms with Crippen LogP contribution in [0, 0.1) is 0 Å². The number of hydrogen-bond donors (Lipinski definition) is 1. The molecule has 5 aromatic rings. The first-order valence-corrected chi connectivity index (χ1v) is 14.7. The van der Waals surface area contributed by atoms with Crippen LogP contribution in [0.3, 0.4) is 0 Å². The van der Waals surface area contributed by atoms with Gasteiger partial charge < -0.3 is 10.2 Å². The van der Waals surface area contributed by atoms with E-state index in [1.807, 2.05) is 95.9 Å². The van der Waals surface area contributed by atoms with E-state index in [-0.39, 0.29) is 11.6 Å². The molecule has 6 nitrogen and oxygen atoms in total. The summed E-state index contributed by atoms with van der Waals surface area (Å²) < 4.78 is 1.70. The van der Waals surface area contributed by atoms with Gasteiger partial charge in [0.25, 0.3) is 5.56 Å². The van der Waals surface area contributed by atoms with Gasteiger partial charge in [-0.05, 0) is 60.5 Å². The molecule has 2 amide bonds. The highest BCUT2D eigenvalue weighted by Gasteiger charge is 2.29. The van der Waals surface area contributed by atoms with Crippen molar-refractivity contribution in [1.82, 2.24) is 14.5 Å². The van der Waals surface area contributed by atoms with Gasteiger partial charge in [0, 0.05) is 11.9 Å². The minimum Gasteiger partial charge on any atom is -0.314 e. The summed E-state index contributed by atoms with van der Waals surface area (Å²) in [6.07, 6.45) is 4.42. The van der Waals surface area contributed by atoms with Crippen molar-refractivity contribution >= 4 is 33.4 Å². The summed E-state index contributed by atoms with van der Waals surface area (Å²) in [5.74, 6) is 0.574. The minimum atomic E-state index is -0.412. The van der Waals surface area contributed by atoms with Crippen LogP contribution in [0.5, 0.6) is 0 Å². The van der Waals surface area contributed by atoms with Crippen molar-refractivity contribution in [2.45, 2.75) is 58.9 Å². The van der Waals surface area contributed by atoms with Crippen LogP contribution in [0.25, 0.3) is 27.4 Å². The SMILES string of the molecule is CCCCCN(C(=O)Nc1cccc2ccccc12)C(CC)c1nc2ccccc2c(=O)n1-c1ccc(CC)cc1. The second kappa shape index (κ2) is 12.8. The third kappa shape index (κ3) is 5.87. The standard InChI is InChI=1S/C35H38N4O2/c1-4-7-12-24-38(35(41)37-30-19-13-15-26-14-8-9-16-28(26)30)32(6-3)33-36-31-18-11-10-17-29(31)34(40)39(33)27-22-20-25(5-2)21-23-27/h8-11,13-23,32H,4-7,12,24H2,1-3H3,(H,37,41). The molecule has 6 heteroatoms. The number of rotatable bonds is 10. The van der Waals surface area contributed by atoms with Gasteiger partial charge >= 0.3 is 6.03 Å². The highest BCUT2D eigenvalue weighted by Crippen LogP contribution is 2.29. The molecule has 0 spiro atoms. The van der Waals surface area contributed by atoms with Crippen LogP contribution in [0.15, 0.2) is 95.8 Å². The average Bonchev–Trinajstić information content (AvgIpc) is 3.01. The summed E-state index contributed by atoms with van der Waals surface area (Å²) in [6.45, 7) is 6.87. The number of aryl methyl sites for hydroxylation is 1. The fourth-order valence-electron chi connectivity index (χ4n) is 5.50. The second-order valence-corrected chi connectivity index (χ2v) is 10.4. The summed E-state index contributed by atoms with van der Waals surface area (Å²) in [5, 5.41) is 5.81.